The second kappa shape index (κ2) is 2.72. The van der Waals surface area contributed by atoms with Gasteiger partial charge in [-0.05, 0) is 36.1 Å². The van der Waals surface area contributed by atoms with Gasteiger partial charge in [-0.1, -0.05) is 6.07 Å². The minimum atomic E-state index is -0.923. The molecule has 3 heteroatoms. The molecule has 2 rings (SSSR count). The van der Waals surface area contributed by atoms with Crippen LogP contribution in [0.25, 0.3) is 0 Å². The number of aryl methyl sites for hydroxylation is 1. The van der Waals surface area contributed by atoms with Crippen LogP contribution in [0.5, 0.6) is 5.75 Å². The fraction of sp³-hybridized carbons (Fsp3) is 0.400. The Hall–Kier alpha value is -1.06. The molecule has 1 atom stereocenters. The molecule has 1 aliphatic carbocycles. The van der Waals surface area contributed by atoms with Gasteiger partial charge in [0.1, 0.15) is 11.4 Å². The van der Waals surface area contributed by atoms with Gasteiger partial charge in [0.05, 0.1) is 0 Å². The molecule has 0 aliphatic heterocycles. The van der Waals surface area contributed by atoms with Crippen molar-refractivity contribution in [2.24, 2.45) is 5.73 Å². The van der Waals surface area contributed by atoms with Gasteiger partial charge in [-0.25, -0.2) is 0 Å². The number of aromatic hydroxyl groups is 1. The molecule has 1 unspecified atom stereocenters. The van der Waals surface area contributed by atoms with Crippen molar-refractivity contribution in [1.82, 2.24) is 0 Å². The summed E-state index contributed by atoms with van der Waals surface area (Å²) in [6.45, 7) is 0.212. The van der Waals surface area contributed by atoms with Gasteiger partial charge < -0.3 is 15.9 Å². The van der Waals surface area contributed by atoms with E-state index in [1.54, 1.807) is 12.1 Å². The molecule has 13 heavy (non-hydrogen) atoms. The molecule has 1 aromatic rings. The summed E-state index contributed by atoms with van der Waals surface area (Å²) in [7, 11) is 0. The average molecular weight is 179 g/mol. The van der Waals surface area contributed by atoms with Crippen molar-refractivity contribution >= 4 is 0 Å². The van der Waals surface area contributed by atoms with Crippen LogP contribution in [-0.2, 0) is 12.0 Å². The van der Waals surface area contributed by atoms with Gasteiger partial charge in [-0.15, -0.1) is 0 Å². The number of aliphatic hydroxyl groups is 1. The Balaban J connectivity index is 2.52. The first kappa shape index (κ1) is 8.53. The normalized spacial score (nSPS) is 26.0. The van der Waals surface area contributed by atoms with E-state index in [1.165, 1.54) is 0 Å². The average Bonchev–Trinajstić information content (AvgIpc) is 2.45. The molecule has 0 aromatic heterocycles. The van der Waals surface area contributed by atoms with Gasteiger partial charge in [0.2, 0.25) is 0 Å². The summed E-state index contributed by atoms with van der Waals surface area (Å²) in [6.07, 6.45) is 1.49. The maximum absolute atomic E-state index is 10.0. The van der Waals surface area contributed by atoms with Crippen molar-refractivity contribution in [2.45, 2.75) is 18.4 Å². The zero-order chi connectivity index (χ0) is 9.47. The van der Waals surface area contributed by atoms with Crippen LogP contribution in [0, 0.1) is 0 Å². The van der Waals surface area contributed by atoms with Gasteiger partial charge in [0.25, 0.3) is 0 Å². The van der Waals surface area contributed by atoms with E-state index in [0.29, 0.717) is 6.42 Å². The lowest BCUT2D eigenvalue weighted by molar-refractivity contribution is 0.0479. The molecule has 0 fully saturated rings. The number of phenolic OH excluding ortho intramolecular Hbond substituents is 1. The number of benzene rings is 1. The molecule has 0 saturated heterocycles. The Labute approximate surface area is 76.8 Å². The highest BCUT2D eigenvalue weighted by Crippen LogP contribution is 2.37. The van der Waals surface area contributed by atoms with Gasteiger partial charge in [-0.3, -0.25) is 0 Å². The van der Waals surface area contributed by atoms with Crippen LogP contribution in [0.3, 0.4) is 0 Å². The molecule has 0 spiro atoms. The maximum atomic E-state index is 10.0. The lowest BCUT2D eigenvalue weighted by Gasteiger charge is -2.21. The summed E-state index contributed by atoms with van der Waals surface area (Å²) >= 11 is 0. The minimum absolute atomic E-state index is 0.188. The van der Waals surface area contributed by atoms with E-state index < -0.39 is 5.60 Å². The number of nitrogens with two attached hydrogens (primary N) is 1. The van der Waals surface area contributed by atoms with E-state index in [-0.39, 0.29) is 12.3 Å². The van der Waals surface area contributed by atoms with Crippen LogP contribution in [0.1, 0.15) is 17.5 Å². The van der Waals surface area contributed by atoms with Crippen molar-refractivity contribution < 1.29 is 10.2 Å². The highest BCUT2D eigenvalue weighted by molar-refractivity contribution is 5.42. The summed E-state index contributed by atoms with van der Waals surface area (Å²) < 4.78 is 0. The quantitative estimate of drug-likeness (QED) is 0.587. The molecule has 1 aromatic carbocycles. The molecule has 0 heterocycles. The zero-order valence-corrected chi connectivity index (χ0v) is 7.33. The Morgan fingerprint density at radius 3 is 2.92 bits per heavy atom. The predicted octanol–water partition coefficient (Wildman–Crippen LogP) is 0.485. The fourth-order valence-corrected chi connectivity index (χ4v) is 1.90. The Morgan fingerprint density at radius 2 is 2.23 bits per heavy atom. The predicted molar refractivity (Wildman–Crippen MR) is 49.4 cm³/mol. The molecular formula is C10H13NO2. The number of hydrogen-bond acceptors (Lipinski definition) is 3. The molecule has 4 N–H and O–H groups in total. The van der Waals surface area contributed by atoms with Crippen molar-refractivity contribution in [1.29, 1.82) is 0 Å². The molecule has 0 radical (unpaired) electrons. The Morgan fingerprint density at radius 1 is 1.46 bits per heavy atom. The SMILES string of the molecule is NCC1(O)CCc2ccc(O)cc21. The fourth-order valence-electron chi connectivity index (χ4n) is 1.90. The molecule has 0 bridgehead atoms. The van der Waals surface area contributed by atoms with Gasteiger partial charge in [0.15, 0.2) is 0 Å². The van der Waals surface area contributed by atoms with Crippen molar-refractivity contribution in [3.63, 3.8) is 0 Å². The minimum Gasteiger partial charge on any atom is -0.508 e. The van der Waals surface area contributed by atoms with Crippen LogP contribution in [0.2, 0.25) is 0 Å². The summed E-state index contributed by atoms with van der Waals surface area (Å²) in [4.78, 5) is 0. The van der Waals surface area contributed by atoms with Crippen molar-refractivity contribution in [2.75, 3.05) is 6.54 Å². The first-order valence-corrected chi connectivity index (χ1v) is 4.40. The molecular weight excluding hydrogens is 166 g/mol. The van der Waals surface area contributed by atoms with E-state index in [9.17, 15) is 10.2 Å². The maximum Gasteiger partial charge on any atom is 0.115 e. The highest BCUT2D eigenvalue weighted by atomic mass is 16.3. The second-order valence-corrected chi connectivity index (χ2v) is 3.58. The van der Waals surface area contributed by atoms with Crippen LogP contribution in [-0.4, -0.2) is 16.8 Å². The van der Waals surface area contributed by atoms with E-state index >= 15 is 0 Å². The number of phenols is 1. The largest absolute Gasteiger partial charge is 0.508 e. The second-order valence-electron chi connectivity index (χ2n) is 3.58. The van der Waals surface area contributed by atoms with Gasteiger partial charge in [0, 0.05) is 6.54 Å². The third-order valence-electron chi connectivity index (χ3n) is 2.74. The molecule has 70 valence electrons. The monoisotopic (exact) mass is 179 g/mol. The lowest BCUT2D eigenvalue weighted by atomic mass is 9.96. The molecule has 0 amide bonds. The van der Waals surface area contributed by atoms with Crippen LogP contribution >= 0.6 is 0 Å². The van der Waals surface area contributed by atoms with Crippen LogP contribution in [0.4, 0.5) is 0 Å². The number of hydrogen-bond donors (Lipinski definition) is 3. The van der Waals surface area contributed by atoms with Gasteiger partial charge >= 0.3 is 0 Å². The third-order valence-corrected chi connectivity index (χ3v) is 2.74. The summed E-state index contributed by atoms with van der Waals surface area (Å²) in [5.41, 5.74) is 6.45. The third kappa shape index (κ3) is 1.20. The number of fused-ring (bicyclic) bond motifs is 1. The standard InChI is InChI=1S/C10H13NO2/c11-6-10(13)4-3-7-1-2-8(12)5-9(7)10/h1-2,5,12-13H,3-4,6,11H2. The smallest absolute Gasteiger partial charge is 0.115 e. The topological polar surface area (TPSA) is 66.5 Å². The van der Waals surface area contributed by atoms with Crippen molar-refractivity contribution in [3.05, 3.63) is 29.3 Å². The highest BCUT2D eigenvalue weighted by Gasteiger charge is 2.35. The molecule has 0 saturated carbocycles. The number of rotatable bonds is 1. The van der Waals surface area contributed by atoms with Crippen LogP contribution in [0.15, 0.2) is 18.2 Å². The first-order chi connectivity index (χ1) is 6.15. The zero-order valence-electron chi connectivity index (χ0n) is 7.33. The Bertz CT molecular complexity index is 338. The lowest BCUT2D eigenvalue weighted by Crippen LogP contribution is -2.32. The Kier molecular flexibility index (Phi) is 1.78. The van der Waals surface area contributed by atoms with Crippen LogP contribution < -0.4 is 5.73 Å². The summed E-state index contributed by atoms with van der Waals surface area (Å²) in [6, 6.07) is 5.09. The van der Waals surface area contributed by atoms with E-state index in [4.69, 9.17) is 5.73 Å². The molecule has 1 aliphatic rings. The van der Waals surface area contributed by atoms with Gasteiger partial charge in [-0.2, -0.15) is 0 Å². The summed E-state index contributed by atoms with van der Waals surface area (Å²) in [5, 5.41) is 19.3. The summed E-state index contributed by atoms with van der Waals surface area (Å²) in [5.74, 6) is 0.188. The van der Waals surface area contributed by atoms with E-state index in [0.717, 1.165) is 17.5 Å². The van der Waals surface area contributed by atoms with Crippen molar-refractivity contribution in [3.8, 4) is 5.75 Å². The van der Waals surface area contributed by atoms with E-state index in [1.807, 2.05) is 6.07 Å². The van der Waals surface area contributed by atoms with E-state index in [2.05, 4.69) is 0 Å². The molecule has 3 nitrogen and oxygen atoms in total. The first-order valence-electron chi connectivity index (χ1n) is 4.40.